The van der Waals surface area contributed by atoms with Gasteiger partial charge >= 0.3 is 0 Å². The van der Waals surface area contributed by atoms with Gasteiger partial charge < -0.3 is 10.2 Å². The van der Waals surface area contributed by atoms with E-state index >= 15 is 0 Å². The van der Waals surface area contributed by atoms with Gasteiger partial charge in [-0.15, -0.1) is 11.3 Å². The average Bonchev–Trinajstić information content (AvgIpc) is 3.21. The van der Waals surface area contributed by atoms with Crippen molar-refractivity contribution in [3.63, 3.8) is 0 Å². The van der Waals surface area contributed by atoms with Crippen molar-refractivity contribution in [2.75, 3.05) is 13.1 Å². The largest absolute Gasteiger partial charge is 0.353 e. The highest BCUT2D eigenvalue weighted by atomic mass is 79.9. The zero-order valence-corrected chi connectivity index (χ0v) is 20.1. The second-order valence-corrected chi connectivity index (χ2v) is 10.2. The average molecular weight is 489 g/mol. The van der Waals surface area contributed by atoms with Crippen molar-refractivity contribution in [1.29, 1.82) is 0 Å². The number of halogens is 1. The highest BCUT2D eigenvalue weighted by molar-refractivity contribution is 9.10. The molecule has 1 N–H and O–H groups in total. The standard InChI is InChI=1S/C24H29BrN2O2S/c1-16(2)17(3)26-24(29)19-12-14-27(15-13-19)23(28)11-9-21-8-10-22(30-21)18-4-6-20(25)7-5-18/h4-11,16-17,19H,12-15H2,1-3H3,(H,26,29)/b11-9+. The Morgan fingerprint density at radius 1 is 1.10 bits per heavy atom. The summed E-state index contributed by atoms with van der Waals surface area (Å²) < 4.78 is 1.06. The van der Waals surface area contributed by atoms with E-state index in [0.29, 0.717) is 19.0 Å². The summed E-state index contributed by atoms with van der Waals surface area (Å²) in [4.78, 5) is 29.0. The van der Waals surface area contributed by atoms with Crippen LogP contribution in [0.1, 0.15) is 38.5 Å². The van der Waals surface area contributed by atoms with Gasteiger partial charge in [-0.25, -0.2) is 0 Å². The number of likely N-dealkylation sites (tertiary alicyclic amines) is 1. The topological polar surface area (TPSA) is 49.4 Å². The summed E-state index contributed by atoms with van der Waals surface area (Å²) in [5.74, 6) is 0.563. The molecule has 0 radical (unpaired) electrons. The van der Waals surface area contributed by atoms with Crippen LogP contribution < -0.4 is 5.32 Å². The number of nitrogens with one attached hydrogen (secondary N) is 1. The first-order chi connectivity index (χ1) is 14.3. The zero-order valence-electron chi connectivity index (χ0n) is 17.7. The maximum atomic E-state index is 12.6. The molecule has 1 atom stereocenters. The van der Waals surface area contributed by atoms with Crippen molar-refractivity contribution in [1.82, 2.24) is 10.2 Å². The van der Waals surface area contributed by atoms with Gasteiger partial charge in [0, 0.05) is 45.4 Å². The van der Waals surface area contributed by atoms with Crippen LogP contribution in [0.5, 0.6) is 0 Å². The van der Waals surface area contributed by atoms with E-state index < -0.39 is 0 Å². The summed E-state index contributed by atoms with van der Waals surface area (Å²) in [5, 5.41) is 3.10. The molecule has 3 rings (SSSR count). The molecule has 1 fully saturated rings. The van der Waals surface area contributed by atoms with Crippen molar-refractivity contribution in [3.05, 3.63) is 51.8 Å². The van der Waals surface area contributed by atoms with Gasteiger partial charge in [-0.1, -0.05) is 41.9 Å². The van der Waals surface area contributed by atoms with E-state index in [9.17, 15) is 9.59 Å². The first-order valence-corrected chi connectivity index (χ1v) is 12.1. The molecular formula is C24H29BrN2O2S. The van der Waals surface area contributed by atoms with Crippen molar-refractivity contribution >= 4 is 45.2 Å². The Hall–Kier alpha value is -1.92. The minimum Gasteiger partial charge on any atom is -0.353 e. The van der Waals surface area contributed by atoms with Crippen LogP contribution in [0.2, 0.25) is 0 Å². The fourth-order valence-electron chi connectivity index (χ4n) is 3.34. The minimum absolute atomic E-state index is 0.00462. The molecule has 1 aromatic heterocycles. The molecule has 2 amide bonds. The van der Waals surface area contributed by atoms with Crippen LogP contribution in [-0.4, -0.2) is 35.8 Å². The van der Waals surface area contributed by atoms with E-state index in [4.69, 9.17) is 0 Å². The van der Waals surface area contributed by atoms with E-state index in [0.717, 1.165) is 22.2 Å². The molecule has 160 valence electrons. The summed E-state index contributed by atoms with van der Waals surface area (Å²) in [5.41, 5.74) is 1.17. The van der Waals surface area contributed by atoms with Crippen LogP contribution in [0.3, 0.4) is 0 Å². The molecule has 6 heteroatoms. The molecule has 1 saturated heterocycles. The smallest absolute Gasteiger partial charge is 0.246 e. The molecule has 1 unspecified atom stereocenters. The van der Waals surface area contributed by atoms with Crippen LogP contribution in [0.25, 0.3) is 16.5 Å². The van der Waals surface area contributed by atoms with Gasteiger partial charge in [0.05, 0.1) is 0 Å². The number of piperidine rings is 1. The normalized spacial score (nSPS) is 16.2. The molecule has 30 heavy (non-hydrogen) atoms. The Labute approximate surface area is 191 Å². The quantitative estimate of drug-likeness (QED) is 0.538. The van der Waals surface area contributed by atoms with Crippen molar-refractivity contribution in [3.8, 4) is 10.4 Å². The Bertz CT molecular complexity index is 896. The number of carbonyl (C=O) groups is 2. The molecule has 2 aromatic rings. The molecule has 1 aliphatic heterocycles. The first kappa shape index (κ1) is 22.8. The summed E-state index contributed by atoms with van der Waals surface area (Å²) in [6, 6.07) is 12.5. The number of hydrogen-bond acceptors (Lipinski definition) is 3. The molecule has 0 aliphatic carbocycles. The van der Waals surface area contributed by atoms with Gasteiger partial charge in [-0.05, 0) is 61.6 Å². The number of rotatable bonds is 6. The van der Waals surface area contributed by atoms with E-state index in [1.165, 1.54) is 10.4 Å². The second-order valence-electron chi connectivity index (χ2n) is 8.18. The van der Waals surface area contributed by atoms with Gasteiger partial charge in [0.25, 0.3) is 0 Å². The van der Waals surface area contributed by atoms with Gasteiger partial charge in [0.15, 0.2) is 0 Å². The molecular weight excluding hydrogens is 460 g/mol. The predicted octanol–water partition coefficient (Wildman–Crippen LogP) is 5.59. The third-order valence-corrected chi connectivity index (χ3v) is 7.32. The SMILES string of the molecule is CC(C)C(C)NC(=O)C1CCN(C(=O)/C=C/c2ccc(-c3ccc(Br)cc3)s2)CC1. The lowest BCUT2D eigenvalue weighted by atomic mass is 9.94. The van der Waals surface area contributed by atoms with E-state index in [1.807, 2.05) is 36.1 Å². The number of hydrogen-bond donors (Lipinski definition) is 1. The fourth-order valence-corrected chi connectivity index (χ4v) is 4.52. The van der Waals surface area contributed by atoms with Crippen molar-refractivity contribution < 1.29 is 9.59 Å². The first-order valence-electron chi connectivity index (χ1n) is 10.5. The lowest BCUT2D eigenvalue weighted by molar-refractivity contribution is -0.132. The number of amides is 2. The molecule has 1 aliphatic rings. The van der Waals surface area contributed by atoms with Gasteiger partial charge in [-0.2, -0.15) is 0 Å². The lowest BCUT2D eigenvalue weighted by Crippen LogP contribution is -2.45. The van der Waals surface area contributed by atoms with Gasteiger partial charge in [0.1, 0.15) is 0 Å². The van der Waals surface area contributed by atoms with Crippen LogP contribution in [0.15, 0.2) is 46.9 Å². The summed E-state index contributed by atoms with van der Waals surface area (Å²) in [6.45, 7) is 7.51. The molecule has 1 aromatic carbocycles. The van der Waals surface area contributed by atoms with Crippen molar-refractivity contribution in [2.45, 2.75) is 39.7 Å². The summed E-state index contributed by atoms with van der Waals surface area (Å²) >= 11 is 5.12. The molecule has 0 spiro atoms. The second kappa shape index (κ2) is 10.4. The van der Waals surface area contributed by atoms with E-state index in [2.05, 4.69) is 53.3 Å². The lowest BCUT2D eigenvalue weighted by Gasteiger charge is -2.31. The highest BCUT2D eigenvalue weighted by Gasteiger charge is 2.27. The molecule has 2 heterocycles. The maximum absolute atomic E-state index is 12.6. The number of carbonyl (C=O) groups excluding carboxylic acids is 2. The van der Waals surface area contributed by atoms with Crippen LogP contribution in [-0.2, 0) is 9.59 Å². The Morgan fingerprint density at radius 3 is 2.40 bits per heavy atom. The van der Waals surface area contributed by atoms with E-state index in [-0.39, 0.29) is 23.8 Å². The molecule has 0 bridgehead atoms. The van der Waals surface area contributed by atoms with Crippen LogP contribution in [0, 0.1) is 11.8 Å². The highest BCUT2D eigenvalue weighted by Crippen LogP contribution is 2.30. The Morgan fingerprint density at radius 2 is 1.77 bits per heavy atom. The Balaban J connectivity index is 1.51. The predicted molar refractivity (Wildman–Crippen MR) is 128 cm³/mol. The minimum atomic E-state index is 0.00462. The zero-order chi connectivity index (χ0) is 21.7. The number of nitrogens with zero attached hydrogens (tertiary/aromatic N) is 1. The van der Waals surface area contributed by atoms with Gasteiger partial charge in [0.2, 0.25) is 11.8 Å². The Kier molecular flexibility index (Phi) is 7.89. The molecule has 0 saturated carbocycles. The molecule has 4 nitrogen and oxygen atoms in total. The maximum Gasteiger partial charge on any atom is 0.246 e. The van der Waals surface area contributed by atoms with Crippen LogP contribution in [0.4, 0.5) is 0 Å². The third-order valence-electron chi connectivity index (χ3n) is 5.69. The monoisotopic (exact) mass is 488 g/mol. The van der Waals surface area contributed by atoms with Crippen molar-refractivity contribution in [2.24, 2.45) is 11.8 Å². The van der Waals surface area contributed by atoms with E-state index in [1.54, 1.807) is 17.4 Å². The van der Waals surface area contributed by atoms with Gasteiger partial charge in [-0.3, -0.25) is 9.59 Å². The summed E-state index contributed by atoms with van der Waals surface area (Å²) in [6.07, 6.45) is 4.99. The summed E-state index contributed by atoms with van der Waals surface area (Å²) in [7, 11) is 0. The number of thiophene rings is 1. The third kappa shape index (κ3) is 6.05. The number of benzene rings is 1. The van der Waals surface area contributed by atoms with Crippen LogP contribution >= 0.6 is 27.3 Å². The fraction of sp³-hybridized carbons (Fsp3) is 0.417.